The van der Waals surface area contributed by atoms with E-state index < -0.39 is 12.1 Å². The van der Waals surface area contributed by atoms with Crippen molar-refractivity contribution in [2.45, 2.75) is 26.6 Å². The molecule has 0 unspecified atom stereocenters. The number of amides is 2. The van der Waals surface area contributed by atoms with Crippen LogP contribution in [0.4, 0.5) is 23.8 Å². The highest BCUT2D eigenvalue weighted by Gasteiger charge is 2.38. The van der Waals surface area contributed by atoms with Gasteiger partial charge in [-0.05, 0) is 43.7 Å². The minimum absolute atomic E-state index is 0.186. The van der Waals surface area contributed by atoms with E-state index in [-0.39, 0.29) is 18.5 Å². The standard InChI is InChI=1S/C20H20F3N5O2/c1-3-27(4-2)19(29)28(16-7-5-6-12-24-16)13-14-8-10-15(11-9-14)17-25-26-18(30-17)20(21,22)23/h5-12H,3-4,13H2,1-2H3. The van der Waals surface area contributed by atoms with Crippen LogP contribution in [0, 0.1) is 0 Å². The maximum Gasteiger partial charge on any atom is 0.470 e. The second-order valence-corrected chi connectivity index (χ2v) is 6.34. The van der Waals surface area contributed by atoms with Crippen LogP contribution in [0.25, 0.3) is 11.5 Å². The molecular weight excluding hydrogens is 399 g/mol. The molecule has 1 aromatic carbocycles. The first-order chi connectivity index (χ1) is 14.3. The maximum atomic E-state index is 13.0. The number of rotatable bonds is 6. The fourth-order valence-corrected chi connectivity index (χ4v) is 2.81. The first-order valence-electron chi connectivity index (χ1n) is 9.31. The van der Waals surface area contributed by atoms with Crippen LogP contribution in [0.2, 0.25) is 0 Å². The van der Waals surface area contributed by atoms with Gasteiger partial charge in [0.2, 0.25) is 5.89 Å². The van der Waals surface area contributed by atoms with Crippen LogP contribution in [-0.2, 0) is 12.7 Å². The van der Waals surface area contributed by atoms with Crippen LogP contribution in [-0.4, -0.2) is 39.2 Å². The summed E-state index contributed by atoms with van der Waals surface area (Å²) >= 11 is 0. The van der Waals surface area contributed by atoms with Gasteiger partial charge in [0.15, 0.2) is 0 Å². The lowest BCUT2D eigenvalue weighted by Gasteiger charge is -2.28. The van der Waals surface area contributed by atoms with Crippen molar-refractivity contribution in [3.8, 4) is 11.5 Å². The number of pyridine rings is 1. The number of halogens is 3. The van der Waals surface area contributed by atoms with Crippen molar-refractivity contribution in [2.24, 2.45) is 0 Å². The number of nitrogens with zero attached hydrogens (tertiary/aromatic N) is 5. The lowest BCUT2D eigenvalue weighted by Crippen LogP contribution is -2.43. The highest BCUT2D eigenvalue weighted by atomic mass is 19.4. The molecule has 0 spiro atoms. The fraction of sp³-hybridized carbons (Fsp3) is 0.300. The molecule has 0 saturated carbocycles. The molecule has 0 aliphatic rings. The topological polar surface area (TPSA) is 75.4 Å². The van der Waals surface area contributed by atoms with E-state index >= 15 is 0 Å². The molecule has 30 heavy (non-hydrogen) atoms. The molecule has 2 aromatic heterocycles. The first kappa shape index (κ1) is 21.3. The van der Waals surface area contributed by atoms with E-state index in [9.17, 15) is 18.0 Å². The van der Waals surface area contributed by atoms with Crippen molar-refractivity contribution in [2.75, 3.05) is 18.0 Å². The van der Waals surface area contributed by atoms with Crippen LogP contribution in [0.15, 0.2) is 53.1 Å². The van der Waals surface area contributed by atoms with Crippen LogP contribution < -0.4 is 4.90 Å². The van der Waals surface area contributed by atoms with E-state index in [2.05, 4.69) is 15.2 Å². The molecule has 0 saturated heterocycles. The van der Waals surface area contributed by atoms with E-state index in [4.69, 9.17) is 4.42 Å². The van der Waals surface area contributed by atoms with Crippen molar-refractivity contribution in [3.63, 3.8) is 0 Å². The molecule has 7 nitrogen and oxygen atoms in total. The Labute approximate surface area is 171 Å². The van der Waals surface area contributed by atoms with Gasteiger partial charge in [-0.2, -0.15) is 13.2 Å². The number of hydrogen-bond donors (Lipinski definition) is 0. The third-order valence-electron chi connectivity index (χ3n) is 4.40. The van der Waals surface area contributed by atoms with Crippen molar-refractivity contribution in [1.82, 2.24) is 20.1 Å². The first-order valence-corrected chi connectivity index (χ1v) is 9.31. The molecule has 158 valence electrons. The lowest BCUT2D eigenvalue weighted by molar-refractivity contribution is -0.156. The molecular formula is C20H20F3N5O2. The Kier molecular flexibility index (Phi) is 6.34. The second-order valence-electron chi connectivity index (χ2n) is 6.34. The molecule has 2 heterocycles. The molecule has 0 atom stereocenters. The molecule has 0 N–H and O–H groups in total. The Morgan fingerprint density at radius 3 is 2.27 bits per heavy atom. The summed E-state index contributed by atoms with van der Waals surface area (Å²) in [6.45, 7) is 5.13. The van der Waals surface area contributed by atoms with Gasteiger partial charge in [-0.25, -0.2) is 9.78 Å². The van der Waals surface area contributed by atoms with Crippen molar-refractivity contribution in [1.29, 1.82) is 0 Å². The van der Waals surface area contributed by atoms with E-state index in [1.165, 1.54) is 0 Å². The van der Waals surface area contributed by atoms with Crippen LogP contribution in [0.5, 0.6) is 0 Å². The van der Waals surface area contributed by atoms with Crippen LogP contribution >= 0.6 is 0 Å². The number of urea groups is 1. The number of aromatic nitrogens is 3. The minimum Gasteiger partial charge on any atom is -0.413 e. The Morgan fingerprint density at radius 2 is 1.73 bits per heavy atom. The number of anilines is 1. The summed E-state index contributed by atoms with van der Waals surface area (Å²) < 4.78 is 42.6. The summed E-state index contributed by atoms with van der Waals surface area (Å²) in [6, 6.07) is 11.6. The van der Waals surface area contributed by atoms with Crippen molar-refractivity contribution >= 4 is 11.8 Å². The Morgan fingerprint density at radius 1 is 1.03 bits per heavy atom. The molecule has 0 bridgehead atoms. The molecule has 3 aromatic rings. The van der Waals surface area contributed by atoms with Gasteiger partial charge in [0.05, 0.1) is 6.54 Å². The normalized spacial score (nSPS) is 11.4. The summed E-state index contributed by atoms with van der Waals surface area (Å²) in [6.07, 6.45) is -3.09. The summed E-state index contributed by atoms with van der Waals surface area (Å²) in [5.41, 5.74) is 1.11. The zero-order chi connectivity index (χ0) is 21.7. The number of hydrogen-bond acceptors (Lipinski definition) is 5. The summed E-state index contributed by atoms with van der Waals surface area (Å²) in [4.78, 5) is 20.5. The van der Waals surface area contributed by atoms with Crippen LogP contribution in [0.3, 0.4) is 0 Å². The predicted molar refractivity (Wildman–Crippen MR) is 103 cm³/mol. The molecule has 0 fully saturated rings. The Bertz CT molecular complexity index is 970. The number of benzene rings is 1. The summed E-state index contributed by atoms with van der Waals surface area (Å²) in [5, 5.41) is 6.47. The second kappa shape index (κ2) is 8.93. The highest BCUT2D eigenvalue weighted by molar-refractivity contribution is 5.90. The van der Waals surface area contributed by atoms with Crippen LogP contribution in [0.1, 0.15) is 25.3 Å². The molecule has 10 heteroatoms. The molecule has 3 rings (SSSR count). The van der Waals surface area contributed by atoms with E-state index in [1.54, 1.807) is 58.5 Å². The summed E-state index contributed by atoms with van der Waals surface area (Å²) in [7, 11) is 0. The van der Waals surface area contributed by atoms with E-state index in [0.717, 1.165) is 5.56 Å². The average Bonchev–Trinajstić information content (AvgIpc) is 3.25. The number of carbonyl (C=O) groups is 1. The van der Waals surface area contributed by atoms with Gasteiger partial charge in [-0.1, -0.05) is 18.2 Å². The monoisotopic (exact) mass is 419 g/mol. The largest absolute Gasteiger partial charge is 0.470 e. The van der Waals surface area contributed by atoms with Gasteiger partial charge in [-0.15, -0.1) is 10.2 Å². The highest BCUT2D eigenvalue weighted by Crippen LogP contribution is 2.30. The average molecular weight is 419 g/mol. The molecule has 0 radical (unpaired) electrons. The zero-order valence-electron chi connectivity index (χ0n) is 16.4. The Balaban J connectivity index is 1.83. The van der Waals surface area contributed by atoms with E-state index in [1.807, 2.05) is 13.8 Å². The number of alkyl halides is 3. The van der Waals surface area contributed by atoms with Crippen molar-refractivity contribution < 1.29 is 22.4 Å². The third-order valence-corrected chi connectivity index (χ3v) is 4.40. The third kappa shape index (κ3) is 4.76. The lowest BCUT2D eigenvalue weighted by atomic mass is 10.1. The SMILES string of the molecule is CCN(CC)C(=O)N(Cc1ccc(-c2nnc(C(F)(F)F)o2)cc1)c1ccccn1. The Hall–Kier alpha value is -3.43. The van der Waals surface area contributed by atoms with Crippen molar-refractivity contribution in [3.05, 3.63) is 60.1 Å². The molecule has 0 aliphatic carbocycles. The predicted octanol–water partition coefficient (Wildman–Crippen LogP) is 4.62. The maximum absolute atomic E-state index is 13.0. The molecule has 0 aliphatic heterocycles. The van der Waals surface area contributed by atoms with Gasteiger partial charge in [-0.3, -0.25) is 4.90 Å². The zero-order valence-corrected chi connectivity index (χ0v) is 16.4. The van der Waals surface area contributed by atoms with Gasteiger partial charge in [0.1, 0.15) is 5.82 Å². The van der Waals surface area contributed by atoms with Gasteiger partial charge < -0.3 is 9.32 Å². The quantitative estimate of drug-likeness (QED) is 0.583. The summed E-state index contributed by atoms with van der Waals surface area (Å²) in [5.74, 6) is -1.12. The van der Waals surface area contributed by atoms with Gasteiger partial charge in [0.25, 0.3) is 0 Å². The van der Waals surface area contributed by atoms with Gasteiger partial charge in [0, 0.05) is 24.8 Å². The minimum atomic E-state index is -4.70. The van der Waals surface area contributed by atoms with E-state index in [0.29, 0.717) is 24.5 Å². The fourth-order valence-electron chi connectivity index (χ4n) is 2.81. The smallest absolute Gasteiger partial charge is 0.413 e. The molecule has 2 amide bonds. The number of carbonyl (C=O) groups excluding carboxylic acids is 1. The van der Waals surface area contributed by atoms with Gasteiger partial charge >= 0.3 is 18.1 Å².